The van der Waals surface area contributed by atoms with E-state index in [4.69, 9.17) is 14.7 Å². The number of nitrogens with zero attached hydrogens (tertiary/aromatic N) is 7. The van der Waals surface area contributed by atoms with Crippen LogP contribution in [-0.2, 0) is 6.54 Å². The van der Waals surface area contributed by atoms with Gasteiger partial charge in [-0.25, -0.2) is 19.9 Å². The first-order valence-electron chi connectivity index (χ1n) is 13.0. The number of hydrogen-bond donors (Lipinski definition) is 1. The fourth-order valence-corrected chi connectivity index (χ4v) is 5.02. The Morgan fingerprint density at radius 3 is 2.63 bits per heavy atom. The van der Waals surface area contributed by atoms with Gasteiger partial charge < -0.3 is 10.1 Å². The van der Waals surface area contributed by atoms with E-state index in [1.807, 2.05) is 39.1 Å². The summed E-state index contributed by atoms with van der Waals surface area (Å²) in [5.74, 6) is 2.32. The number of ether oxygens (including phenoxy) is 1. The minimum absolute atomic E-state index is 0.125. The van der Waals surface area contributed by atoms with E-state index in [1.54, 1.807) is 29.8 Å². The number of pyridine rings is 1. The Balaban J connectivity index is 1.62. The zero-order valence-electron chi connectivity index (χ0n) is 22.4. The molecule has 0 amide bonds. The van der Waals surface area contributed by atoms with Gasteiger partial charge in [0.05, 0.1) is 36.3 Å². The van der Waals surface area contributed by atoms with Gasteiger partial charge in [0, 0.05) is 23.1 Å². The first kappa shape index (κ1) is 26.0. The van der Waals surface area contributed by atoms with Gasteiger partial charge in [-0.15, -0.1) is 11.8 Å². The van der Waals surface area contributed by atoms with Crippen LogP contribution < -0.4 is 15.6 Å². The van der Waals surface area contributed by atoms with Crippen LogP contribution in [0.25, 0.3) is 22.6 Å². The number of aryl methyl sites for hydroxylation is 1. The van der Waals surface area contributed by atoms with Crippen molar-refractivity contribution >= 4 is 28.7 Å². The molecule has 5 rings (SSSR count). The van der Waals surface area contributed by atoms with Gasteiger partial charge in [-0.1, -0.05) is 13.8 Å². The molecule has 10 nitrogen and oxygen atoms in total. The molecule has 4 aromatic heterocycles. The van der Waals surface area contributed by atoms with E-state index in [1.165, 1.54) is 0 Å². The lowest BCUT2D eigenvalue weighted by Crippen LogP contribution is -2.28. The number of hydrogen-bond acceptors (Lipinski definition) is 10. The van der Waals surface area contributed by atoms with Gasteiger partial charge in [-0.3, -0.25) is 14.3 Å². The third-order valence-corrected chi connectivity index (χ3v) is 7.59. The summed E-state index contributed by atoms with van der Waals surface area (Å²) in [6.07, 6.45) is 6.33. The second-order valence-corrected chi connectivity index (χ2v) is 10.7. The number of anilines is 1. The number of fused-ring (bicyclic) bond motifs is 1. The molecule has 0 spiro atoms. The number of rotatable bonds is 10. The van der Waals surface area contributed by atoms with Gasteiger partial charge in [0.1, 0.15) is 6.33 Å². The minimum Gasteiger partial charge on any atom is -0.479 e. The van der Waals surface area contributed by atoms with Crippen molar-refractivity contribution in [1.29, 1.82) is 0 Å². The predicted octanol–water partition coefficient (Wildman–Crippen LogP) is 4.93. The molecule has 0 unspecified atom stereocenters. The van der Waals surface area contributed by atoms with Crippen molar-refractivity contribution in [3.8, 4) is 17.3 Å². The van der Waals surface area contributed by atoms with Crippen LogP contribution in [0.15, 0.2) is 34.3 Å². The molecule has 198 valence electrons. The summed E-state index contributed by atoms with van der Waals surface area (Å²) in [7, 11) is 1.55. The lowest BCUT2D eigenvalue weighted by molar-refractivity contribution is 0.401. The SMILES string of the molecule is CCSc1ccc(CNc2nc3c(OC)nc(-c4c(C)ncnc4C4CC4)nc3n([C@H](C)CC)c2=O)nc1. The van der Waals surface area contributed by atoms with Crippen molar-refractivity contribution in [3.63, 3.8) is 0 Å². The maximum atomic E-state index is 13.7. The van der Waals surface area contributed by atoms with Crippen LogP contribution in [0.5, 0.6) is 5.88 Å². The fraction of sp³-hybridized carbons (Fsp3) is 0.444. The Labute approximate surface area is 225 Å². The number of thioether (sulfide) groups is 1. The molecular weight excluding hydrogens is 500 g/mol. The molecule has 11 heteroatoms. The molecule has 1 atom stereocenters. The van der Waals surface area contributed by atoms with Crippen molar-refractivity contribution in [1.82, 2.24) is 34.5 Å². The molecule has 1 fully saturated rings. The normalized spacial score (nSPS) is 14.0. The second kappa shape index (κ2) is 11.0. The van der Waals surface area contributed by atoms with Gasteiger partial charge in [0.15, 0.2) is 22.8 Å². The summed E-state index contributed by atoms with van der Waals surface area (Å²) in [6.45, 7) is 8.43. The van der Waals surface area contributed by atoms with Crippen LogP contribution >= 0.6 is 11.8 Å². The maximum absolute atomic E-state index is 13.7. The number of methoxy groups -OCH3 is 1. The minimum atomic E-state index is -0.250. The Morgan fingerprint density at radius 1 is 1.16 bits per heavy atom. The van der Waals surface area contributed by atoms with Gasteiger partial charge in [-0.2, -0.15) is 4.98 Å². The van der Waals surface area contributed by atoms with E-state index in [-0.39, 0.29) is 17.4 Å². The van der Waals surface area contributed by atoms with E-state index < -0.39 is 0 Å². The zero-order chi connectivity index (χ0) is 26.8. The Morgan fingerprint density at radius 2 is 1.97 bits per heavy atom. The van der Waals surface area contributed by atoms with Gasteiger partial charge in [-0.05, 0) is 51.0 Å². The number of aromatic nitrogens is 7. The summed E-state index contributed by atoms with van der Waals surface area (Å²) >= 11 is 1.74. The highest BCUT2D eigenvalue weighted by Gasteiger charge is 2.31. The van der Waals surface area contributed by atoms with E-state index in [0.717, 1.165) is 52.6 Å². The average Bonchev–Trinajstić information content (AvgIpc) is 3.77. The van der Waals surface area contributed by atoms with Crippen LogP contribution in [0.4, 0.5) is 5.82 Å². The standard InChI is InChI=1S/C27H32N8O2S/c1-6-15(3)35-25-22(32-24(27(35)36)29-12-18-10-11-19(13-28-18)38-7-2)26(37-5)34-23(33-25)20-16(4)30-14-31-21(20)17-8-9-17/h10-11,13-15,17H,6-9,12H2,1-5H3,(H,29,32)/t15-/m1/s1. The molecule has 0 radical (unpaired) electrons. The molecule has 4 heterocycles. The topological polar surface area (TPSA) is 121 Å². The van der Waals surface area contributed by atoms with Gasteiger partial charge >= 0.3 is 0 Å². The fourth-order valence-electron chi connectivity index (χ4n) is 4.40. The van der Waals surface area contributed by atoms with Crippen LogP contribution in [0.2, 0.25) is 0 Å². The summed E-state index contributed by atoms with van der Waals surface area (Å²) < 4.78 is 7.38. The van der Waals surface area contributed by atoms with Crippen LogP contribution in [0.3, 0.4) is 0 Å². The third kappa shape index (κ3) is 5.07. The lowest BCUT2D eigenvalue weighted by Gasteiger charge is -2.19. The largest absolute Gasteiger partial charge is 0.479 e. The molecule has 0 aromatic carbocycles. The predicted molar refractivity (Wildman–Crippen MR) is 149 cm³/mol. The Hall–Kier alpha value is -3.60. The van der Waals surface area contributed by atoms with E-state index in [9.17, 15) is 4.79 Å². The molecule has 1 N–H and O–H groups in total. The Kier molecular flexibility index (Phi) is 7.55. The quantitative estimate of drug-likeness (QED) is 0.281. The summed E-state index contributed by atoms with van der Waals surface area (Å²) in [4.78, 5) is 42.6. The Bertz CT molecular complexity index is 1520. The van der Waals surface area contributed by atoms with Crippen LogP contribution in [0, 0.1) is 6.92 Å². The molecule has 4 aromatic rings. The molecule has 0 aliphatic heterocycles. The first-order chi connectivity index (χ1) is 18.4. The highest BCUT2D eigenvalue weighted by Crippen LogP contribution is 2.43. The molecule has 1 saturated carbocycles. The number of nitrogens with one attached hydrogen (secondary N) is 1. The van der Waals surface area contributed by atoms with Crippen molar-refractivity contribution in [2.75, 3.05) is 18.2 Å². The van der Waals surface area contributed by atoms with E-state index >= 15 is 0 Å². The smallest absolute Gasteiger partial charge is 0.295 e. The van der Waals surface area contributed by atoms with Gasteiger partial charge in [0.25, 0.3) is 5.56 Å². The molecule has 38 heavy (non-hydrogen) atoms. The molecule has 0 saturated heterocycles. The van der Waals surface area contributed by atoms with E-state index in [0.29, 0.717) is 35.3 Å². The third-order valence-electron chi connectivity index (χ3n) is 6.73. The van der Waals surface area contributed by atoms with Gasteiger partial charge in [0.2, 0.25) is 5.88 Å². The highest BCUT2D eigenvalue weighted by atomic mass is 32.2. The van der Waals surface area contributed by atoms with Crippen molar-refractivity contribution in [2.45, 2.75) is 70.4 Å². The summed E-state index contributed by atoms with van der Waals surface area (Å²) in [5.41, 5.74) is 3.95. The maximum Gasteiger partial charge on any atom is 0.295 e. The molecule has 1 aliphatic rings. The van der Waals surface area contributed by atoms with E-state index in [2.05, 4.69) is 32.2 Å². The van der Waals surface area contributed by atoms with Crippen LogP contribution in [0.1, 0.15) is 69.1 Å². The van der Waals surface area contributed by atoms with Crippen molar-refractivity contribution in [2.24, 2.45) is 0 Å². The van der Waals surface area contributed by atoms with Crippen molar-refractivity contribution in [3.05, 3.63) is 52.1 Å². The molecule has 0 bridgehead atoms. The monoisotopic (exact) mass is 532 g/mol. The summed E-state index contributed by atoms with van der Waals surface area (Å²) in [5, 5.41) is 3.19. The average molecular weight is 533 g/mol. The van der Waals surface area contributed by atoms with Crippen LogP contribution in [-0.4, -0.2) is 47.3 Å². The molecule has 1 aliphatic carbocycles. The highest BCUT2D eigenvalue weighted by molar-refractivity contribution is 7.99. The summed E-state index contributed by atoms with van der Waals surface area (Å²) in [6, 6.07) is 3.87. The molecular formula is C27H32N8O2S. The zero-order valence-corrected chi connectivity index (χ0v) is 23.2. The second-order valence-electron chi connectivity index (χ2n) is 9.39. The first-order valence-corrected chi connectivity index (χ1v) is 13.9. The lowest BCUT2D eigenvalue weighted by atomic mass is 10.1. The van der Waals surface area contributed by atoms with Crippen molar-refractivity contribution < 1.29 is 4.74 Å².